The highest BCUT2D eigenvalue weighted by molar-refractivity contribution is 7.98. The standard InChI is InChI=1S/C22H20N2O3S/c1-28-18-9-4-8-17(13-18)23-21(25)19-12-15-6-2-3-7-16(15)14-24(19)22(26)20-10-5-11-27-20/h2-11,13,19H,12,14H2,1H3,(H,23,25)/t19-/m0/s1. The van der Waals surface area contributed by atoms with Crippen LogP contribution >= 0.6 is 11.8 Å². The topological polar surface area (TPSA) is 62.6 Å². The molecule has 0 radical (unpaired) electrons. The van der Waals surface area contributed by atoms with Crippen molar-refractivity contribution in [1.29, 1.82) is 0 Å². The number of hydrogen-bond acceptors (Lipinski definition) is 4. The van der Waals surface area contributed by atoms with Gasteiger partial charge in [-0.05, 0) is 47.7 Å². The van der Waals surface area contributed by atoms with Crippen LogP contribution in [0.4, 0.5) is 5.69 Å². The van der Waals surface area contributed by atoms with Crippen LogP contribution in [0.25, 0.3) is 0 Å². The Morgan fingerprint density at radius 3 is 2.64 bits per heavy atom. The van der Waals surface area contributed by atoms with E-state index in [1.807, 2.05) is 54.8 Å². The molecule has 2 heterocycles. The Balaban J connectivity index is 1.63. The zero-order valence-electron chi connectivity index (χ0n) is 15.4. The fraction of sp³-hybridized carbons (Fsp3) is 0.182. The van der Waals surface area contributed by atoms with Gasteiger partial charge in [-0.15, -0.1) is 11.8 Å². The van der Waals surface area contributed by atoms with Crippen molar-refractivity contribution >= 4 is 29.3 Å². The van der Waals surface area contributed by atoms with Gasteiger partial charge >= 0.3 is 0 Å². The zero-order valence-corrected chi connectivity index (χ0v) is 16.2. The first-order chi connectivity index (χ1) is 13.7. The SMILES string of the molecule is CSc1cccc(NC(=O)[C@@H]2Cc3ccccc3CN2C(=O)c2ccco2)c1. The third-order valence-electron chi connectivity index (χ3n) is 4.88. The van der Waals surface area contributed by atoms with Crippen molar-refractivity contribution in [3.05, 3.63) is 83.8 Å². The quantitative estimate of drug-likeness (QED) is 0.676. The first-order valence-corrected chi connectivity index (χ1v) is 10.2. The van der Waals surface area contributed by atoms with Crippen molar-refractivity contribution in [3.63, 3.8) is 0 Å². The molecule has 28 heavy (non-hydrogen) atoms. The summed E-state index contributed by atoms with van der Waals surface area (Å²) in [5, 5.41) is 2.97. The number of nitrogens with one attached hydrogen (secondary N) is 1. The van der Waals surface area contributed by atoms with Crippen molar-refractivity contribution in [2.24, 2.45) is 0 Å². The summed E-state index contributed by atoms with van der Waals surface area (Å²) >= 11 is 1.61. The van der Waals surface area contributed by atoms with Crippen LogP contribution in [0, 0.1) is 0 Å². The summed E-state index contributed by atoms with van der Waals surface area (Å²) in [4.78, 5) is 28.8. The van der Waals surface area contributed by atoms with E-state index in [4.69, 9.17) is 4.42 Å². The van der Waals surface area contributed by atoms with Gasteiger partial charge in [0.25, 0.3) is 5.91 Å². The van der Waals surface area contributed by atoms with Gasteiger partial charge in [0.15, 0.2) is 5.76 Å². The molecule has 6 heteroatoms. The minimum absolute atomic E-state index is 0.201. The minimum Gasteiger partial charge on any atom is -0.459 e. The monoisotopic (exact) mass is 392 g/mol. The molecule has 0 saturated carbocycles. The van der Waals surface area contributed by atoms with E-state index in [9.17, 15) is 9.59 Å². The number of carbonyl (C=O) groups is 2. The molecule has 0 unspecified atom stereocenters. The van der Waals surface area contributed by atoms with Crippen LogP contribution in [-0.2, 0) is 17.8 Å². The Morgan fingerprint density at radius 1 is 1.07 bits per heavy atom. The van der Waals surface area contributed by atoms with E-state index in [-0.39, 0.29) is 17.6 Å². The second kappa shape index (κ2) is 7.94. The van der Waals surface area contributed by atoms with Gasteiger partial charge in [-0.2, -0.15) is 0 Å². The molecule has 1 N–H and O–H groups in total. The molecule has 1 aliphatic heterocycles. The number of rotatable bonds is 4. The first kappa shape index (κ1) is 18.4. The number of anilines is 1. The molecule has 0 aliphatic carbocycles. The van der Waals surface area contributed by atoms with Crippen LogP contribution in [0.3, 0.4) is 0 Å². The third kappa shape index (κ3) is 3.68. The summed E-state index contributed by atoms with van der Waals surface area (Å²) in [7, 11) is 0. The molecule has 0 spiro atoms. The predicted molar refractivity (Wildman–Crippen MR) is 109 cm³/mol. The van der Waals surface area contributed by atoms with Gasteiger partial charge in [0, 0.05) is 23.5 Å². The highest BCUT2D eigenvalue weighted by Crippen LogP contribution is 2.27. The van der Waals surface area contributed by atoms with Gasteiger partial charge in [0.2, 0.25) is 5.91 Å². The molecule has 2 aromatic carbocycles. The van der Waals surface area contributed by atoms with Crippen molar-refractivity contribution < 1.29 is 14.0 Å². The summed E-state index contributed by atoms with van der Waals surface area (Å²) < 4.78 is 5.29. The third-order valence-corrected chi connectivity index (χ3v) is 5.61. The average Bonchev–Trinajstić information content (AvgIpc) is 3.27. The van der Waals surface area contributed by atoms with E-state index in [1.165, 1.54) is 6.26 Å². The molecular formula is C22H20N2O3S. The zero-order chi connectivity index (χ0) is 19.5. The average molecular weight is 392 g/mol. The highest BCUT2D eigenvalue weighted by atomic mass is 32.2. The highest BCUT2D eigenvalue weighted by Gasteiger charge is 2.36. The molecule has 3 aromatic rings. The molecule has 1 atom stereocenters. The summed E-state index contributed by atoms with van der Waals surface area (Å²) in [6.07, 6.45) is 3.92. The van der Waals surface area contributed by atoms with E-state index < -0.39 is 6.04 Å². The maximum Gasteiger partial charge on any atom is 0.290 e. The fourth-order valence-electron chi connectivity index (χ4n) is 3.44. The van der Waals surface area contributed by atoms with Gasteiger partial charge in [-0.1, -0.05) is 30.3 Å². The number of amides is 2. The molecule has 4 rings (SSSR count). The Labute approximate surface area is 167 Å². The fourth-order valence-corrected chi connectivity index (χ4v) is 3.90. The molecule has 0 fully saturated rings. The van der Waals surface area contributed by atoms with E-state index in [1.54, 1.807) is 28.8 Å². The van der Waals surface area contributed by atoms with Gasteiger partial charge in [0.1, 0.15) is 6.04 Å². The van der Waals surface area contributed by atoms with Crippen LogP contribution in [0.1, 0.15) is 21.7 Å². The van der Waals surface area contributed by atoms with Crippen LogP contribution in [0.2, 0.25) is 0 Å². The van der Waals surface area contributed by atoms with Crippen LogP contribution < -0.4 is 5.32 Å². The maximum atomic E-state index is 13.1. The first-order valence-electron chi connectivity index (χ1n) is 9.02. The number of thioether (sulfide) groups is 1. The van der Waals surface area contributed by atoms with Crippen LogP contribution in [-0.4, -0.2) is 29.0 Å². The number of carbonyl (C=O) groups excluding carboxylic acids is 2. The molecule has 5 nitrogen and oxygen atoms in total. The molecule has 0 bridgehead atoms. The molecule has 1 aliphatic rings. The lowest BCUT2D eigenvalue weighted by Crippen LogP contribution is -2.50. The second-order valence-corrected chi connectivity index (χ2v) is 7.50. The minimum atomic E-state index is -0.606. The lowest BCUT2D eigenvalue weighted by Gasteiger charge is -2.35. The molecule has 142 valence electrons. The molecule has 2 amide bonds. The van der Waals surface area contributed by atoms with Crippen molar-refractivity contribution in [2.45, 2.75) is 23.9 Å². The largest absolute Gasteiger partial charge is 0.459 e. The number of nitrogens with zero attached hydrogens (tertiary/aromatic N) is 1. The second-order valence-electron chi connectivity index (χ2n) is 6.62. The van der Waals surface area contributed by atoms with Gasteiger partial charge in [0.05, 0.1) is 6.26 Å². The van der Waals surface area contributed by atoms with E-state index in [0.29, 0.717) is 13.0 Å². The summed E-state index contributed by atoms with van der Waals surface area (Å²) in [6, 6.07) is 18.3. The normalized spacial score (nSPS) is 15.8. The summed E-state index contributed by atoms with van der Waals surface area (Å²) in [6.45, 7) is 0.374. The Kier molecular flexibility index (Phi) is 5.21. The number of hydrogen-bond donors (Lipinski definition) is 1. The van der Waals surface area contributed by atoms with Gasteiger partial charge in [-0.3, -0.25) is 9.59 Å². The smallest absolute Gasteiger partial charge is 0.290 e. The lowest BCUT2D eigenvalue weighted by molar-refractivity contribution is -0.121. The maximum absolute atomic E-state index is 13.1. The van der Waals surface area contributed by atoms with Crippen molar-refractivity contribution in [2.75, 3.05) is 11.6 Å². The van der Waals surface area contributed by atoms with Crippen molar-refractivity contribution in [1.82, 2.24) is 4.90 Å². The van der Waals surface area contributed by atoms with Crippen LogP contribution in [0.5, 0.6) is 0 Å². The van der Waals surface area contributed by atoms with E-state index >= 15 is 0 Å². The Morgan fingerprint density at radius 2 is 1.89 bits per heavy atom. The summed E-state index contributed by atoms with van der Waals surface area (Å²) in [5.41, 5.74) is 2.86. The Bertz CT molecular complexity index is 1000. The number of fused-ring (bicyclic) bond motifs is 1. The molecular weight excluding hydrogens is 372 g/mol. The van der Waals surface area contributed by atoms with Crippen LogP contribution in [0.15, 0.2) is 76.2 Å². The van der Waals surface area contributed by atoms with E-state index in [0.717, 1.165) is 21.7 Å². The molecule has 0 saturated heterocycles. The number of furan rings is 1. The lowest BCUT2D eigenvalue weighted by atomic mass is 9.93. The molecule has 1 aromatic heterocycles. The van der Waals surface area contributed by atoms with Gasteiger partial charge < -0.3 is 14.6 Å². The van der Waals surface area contributed by atoms with E-state index in [2.05, 4.69) is 5.32 Å². The predicted octanol–water partition coefficient (Wildman–Crippen LogP) is 4.21. The number of benzene rings is 2. The van der Waals surface area contributed by atoms with Crippen molar-refractivity contribution in [3.8, 4) is 0 Å². The Hall–Kier alpha value is -2.99. The van der Waals surface area contributed by atoms with Gasteiger partial charge in [-0.25, -0.2) is 0 Å². The summed E-state index contributed by atoms with van der Waals surface area (Å²) in [5.74, 6) is -0.244.